The molecule has 3 aromatic heterocycles. The molecular weight excluding hydrogens is 291 g/mol. The van der Waals surface area contributed by atoms with Crippen LogP contribution in [0.3, 0.4) is 0 Å². The molecule has 108 valence electrons. The normalized spacial score (nSPS) is 12.0. The van der Waals surface area contributed by atoms with E-state index in [1.165, 1.54) is 18.4 Å². The molecule has 0 bridgehead atoms. The third kappa shape index (κ3) is 2.12. The van der Waals surface area contributed by atoms with Crippen LogP contribution in [0.2, 0.25) is 0 Å². The highest BCUT2D eigenvalue weighted by atomic mass is 19.4. The van der Waals surface area contributed by atoms with E-state index in [1.807, 2.05) is 0 Å². The van der Waals surface area contributed by atoms with Gasteiger partial charge in [-0.05, 0) is 18.2 Å². The van der Waals surface area contributed by atoms with Gasteiger partial charge in [0.25, 0.3) is 0 Å². The van der Waals surface area contributed by atoms with Crippen molar-refractivity contribution in [2.45, 2.75) is 6.18 Å². The van der Waals surface area contributed by atoms with Crippen molar-refractivity contribution >= 4 is 11.6 Å². The molecular formula is C12H5F3N3O3-. The molecule has 0 aliphatic rings. The van der Waals surface area contributed by atoms with Gasteiger partial charge in [-0.25, -0.2) is 9.50 Å². The van der Waals surface area contributed by atoms with Crippen molar-refractivity contribution in [2.75, 3.05) is 0 Å². The number of aromatic carboxylic acids is 1. The van der Waals surface area contributed by atoms with E-state index in [0.29, 0.717) is 4.52 Å². The number of carboxylic acid groups (broad SMARTS) is 1. The molecule has 0 N–H and O–H groups in total. The predicted molar refractivity (Wildman–Crippen MR) is 60.0 cm³/mol. The molecule has 0 atom stereocenters. The fourth-order valence-electron chi connectivity index (χ4n) is 1.86. The van der Waals surface area contributed by atoms with E-state index < -0.39 is 29.1 Å². The first-order valence-corrected chi connectivity index (χ1v) is 5.59. The first-order valence-electron chi connectivity index (χ1n) is 5.59. The second-order valence-corrected chi connectivity index (χ2v) is 4.08. The molecule has 0 spiro atoms. The highest BCUT2D eigenvalue weighted by Gasteiger charge is 2.35. The van der Waals surface area contributed by atoms with Crippen LogP contribution >= 0.6 is 0 Å². The molecule has 0 unspecified atom stereocenters. The Balaban J connectivity index is 2.37. The monoisotopic (exact) mass is 296 g/mol. The number of alkyl halides is 3. The van der Waals surface area contributed by atoms with E-state index in [4.69, 9.17) is 4.42 Å². The summed E-state index contributed by atoms with van der Waals surface area (Å²) in [5, 5.41) is 14.3. The molecule has 6 nitrogen and oxygen atoms in total. The number of fused-ring (bicyclic) bond motifs is 1. The average Bonchev–Trinajstić information content (AvgIpc) is 3.05. The lowest BCUT2D eigenvalue weighted by Gasteiger charge is -2.10. The first-order chi connectivity index (χ1) is 9.88. The Morgan fingerprint density at radius 3 is 2.71 bits per heavy atom. The molecule has 3 heterocycles. The Morgan fingerprint density at radius 1 is 1.38 bits per heavy atom. The molecule has 0 aliphatic heterocycles. The average molecular weight is 296 g/mol. The van der Waals surface area contributed by atoms with Crippen molar-refractivity contribution in [3.63, 3.8) is 0 Å². The van der Waals surface area contributed by atoms with Crippen LogP contribution in [-0.2, 0) is 6.18 Å². The number of rotatable bonds is 2. The lowest BCUT2D eigenvalue weighted by Crippen LogP contribution is -2.22. The van der Waals surface area contributed by atoms with Gasteiger partial charge in [-0.2, -0.15) is 18.3 Å². The van der Waals surface area contributed by atoms with Gasteiger partial charge < -0.3 is 14.3 Å². The lowest BCUT2D eigenvalue weighted by atomic mass is 10.2. The Hall–Kier alpha value is -2.84. The SMILES string of the molecule is O=C([O-])c1cnn2c(C(F)(F)F)cc(-c3ccco3)nc12. The topological polar surface area (TPSA) is 83.5 Å². The molecule has 3 aromatic rings. The van der Waals surface area contributed by atoms with Crippen LogP contribution in [0.1, 0.15) is 16.1 Å². The van der Waals surface area contributed by atoms with Crippen molar-refractivity contribution in [1.82, 2.24) is 14.6 Å². The van der Waals surface area contributed by atoms with Gasteiger partial charge in [-0.3, -0.25) is 0 Å². The van der Waals surface area contributed by atoms with Crippen molar-refractivity contribution < 1.29 is 27.5 Å². The zero-order chi connectivity index (χ0) is 15.2. The van der Waals surface area contributed by atoms with Gasteiger partial charge in [0.15, 0.2) is 17.1 Å². The fraction of sp³-hybridized carbons (Fsp3) is 0.0833. The van der Waals surface area contributed by atoms with Crippen LogP contribution in [0.25, 0.3) is 17.1 Å². The summed E-state index contributed by atoms with van der Waals surface area (Å²) >= 11 is 0. The number of carboxylic acids is 1. The second-order valence-electron chi connectivity index (χ2n) is 4.08. The summed E-state index contributed by atoms with van der Waals surface area (Å²) in [6.45, 7) is 0. The Labute approximate surface area is 114 Å². The highest BCUT2D eigenvalue weighted by Crippen LogP contribution is 2.32. The number of nitrogens with zero attached hydrogens (tertiary/aromatic N) is 3. The third-order valence-electron chi connectivity index (χ3n) is 2.76. The Bertz CT molecular complexity index is 821. The van der Waals surface area contributed by atoms with Crippen LogP contribution in [0.5, 0.6) is 0 Å². The van der Waals surface area contributed by atoms with Gasteiger partial charge in [0.05, 0.1) is 24.0 Å². The minimum absolute atomic E-state index is 0.0773. The van der Waals surface area contributed by atoms with Crippen LogP contribution in [0.15, 0.2) is 35.1 Å². The predicted octanol–water partition coefficient (Wildman–Crippen LogP) is 1.37. The van der Waals surface area contributed by atoms with E-state index in [9.17, 15) is 23.1 Å². The van der Waals surface area contributed by atoms with Gasteiger partial charge >= 0.3 is 6.18 Å². The van der Waals surface area contributed by atoms with Crippen LogP contribution in [-0.4, -0.2) is 20.6 Å². The Kier molecular flexibility index (Phi) is 2.71. The number of carbonyl (C=O) groups is 1. The molecule has 0 fully saturated rings. The number of carbonyl (C=O) groups excluding carboxylic acids is 1. The molecule has 0 aromatic carbocycles. The summed E-state index contributed by atoms with van der Waals surface area (Å²) in [6, 6.07) is 3.62. The minimum Gasteiger partial charge on any atom is -0.545 e. The quantitative estimate of drug-likeness (QED) is 0.713. The maximum absolute atomic E-state index is 13.1. The molecule has 9 heteroatoms. The van der Waals surface area contributed by atoms with Crippen LogP contribution in [0.4, 0.5) is 13.2 Å². The molecule has 3 rings (SSSR count). The Morgan fingerprint density at radius 2 is 2.14 bits per heavy atom. The van der Waals surface area contributed by atoms with E-state index in [0.717, 1.165) is 12.3 Å². The molecule has 0 amide bonds. The van der Waals surface area contributed by atoms with E-state index in [-0.39, 0.29) is 11.5 Å². The van der Waals surface area contributed by atoms with Crippen molar-refractivity contribution in [3.05, 3.63) is 41.9 Å². The van der Waals surface area contributed by atoms with Gasteiger partial charge in [0.1, 0.15) is 5.69 Å². The third-order valence-corrected chi connectivity index (χ3v) is 2.76. The summed E-state index contributed by atoms with van der Waals surface area (Å²) in [5.74, 6) is -1.59. The zero-order valence-corrected chi connectivity index (χ0v) is 10.1. The zero-order valence-electron chi connectivity index (χ0n) is 10.1. The summed E-state index contributed by atoms with van der Waals surface area (Å²) in [7, 11) is 0. The minimum atomic E-state index is -4.74. The molecule has 0 saturated carbocycles. The van der Waals surface area contributed by atoms with Gasteiger partial charge in [0.2, 0.25) is 0 Å². The van der Waals surface area contributed by atoms with E-state index in [1.54, 1.807) is 0 Å². The van der Waals surface area contributed by atoms with Gasteiger partial charge in [-0.15, -0.1) is 0 Å². The van der Waals surface area contributed by atoms with Crippen LogP contribution in [0, 0.1) is 0 Å². The van der Waals surface area contributed by atoms with Gasteiger partial charge in [0, 0.05) is 0 Å². The highest BCUT2D eigenvalue weighted by molar-refractivity contribution is 5.92. The smallest absolute Gasteiger partial charge is 0.433 e. The number of hydrogen-bond donors (Lipinski definition) is 0. The molecule has 0 radical (unpaired) electrons. The molecule has 21 heavy (non-hydrogen) atoms. The van der Waals surface area contributed by atoms with Gasteiger partial charge in [-0.1, -0.05) is 0 Å². The summed E-state index contributed by atoms with van der Waals surface area (Å²) in [4.78, 5) is 14.8. The van der Waals surface area contributed by atoms with Crippen molar-refractivity contribution in [2.24, 2.45) is 0 Å². The summed E-state index contributed by atoms with van der Waals surface area (Å²) in [5.41, 5.74) is -2.31. The number of aromatic nitrogens is 3. The lowest BCUT2D eigenvalue weighted by molar-refractivity contribution is -0.254. The number of furan rings is 1. The maximum Gasteiger partial charge on any atom is 0.433 e. The molecule has 0 aliphatic carbocycles. The number of halogens is 3. The second kappa shape index (κ2) is 4.33. The molecule has 0 saturated heterocycles. The van der Waals surface area contributed by atoms with E-state index in [2.05, 4.69) is 10.1 Å². The number of hydrogen-bond acceptors (Lipinski definition) is 5. The largest absolute Gasteiger partial charge is 0.545 e. The summed E-state index contributed by atoms with van der Waals surface area (Å²) in [6.07, 6.45) is -2.71. The van der Waals surface area contributed by atoms with E-state index >= 15 is 0 Å². The van der Waals surface area contributed by atoms with Crippen LogP contribution < -0.4 is 5.11 Å². The van der Waals surface area contributed by atoms with Crippen molar-refractivity contribution in [1.29, 1.82) is 0 Å². The van der Waals surface area contributed by atoms with Crippen molar-refractivity contribution in [3.8, 4) is 11.5 Å². The fourth-order valence-corrected chi connectivity index (χ4v) is 1.86. The maximum atomic E-state index is 13.1. The standard InChI is InChI=1S/C12H6F3N3O3/c13-12(14,15)9-4-7(8-2-1-3-21-8)17-10-6(11(19)20)5-16-18(9)10/h1-5H,(H,19,20)/p-1. The summed E-state index contributed by atoms with van der Waals surface area (Å²) < 4.78 is 44.6. The first kappa shape index (κ1) is 13.2.